The van der Waals surface area contributed by atoms with Crippen LogP contribution in [0.25, 0.3) is 10.2 Å². The number of aromatic nitrogens is 1. The van der Waals surface area contributed by atoms with Crippen LogP contribution < -0.4 is 20.5 Å². The zero-order valence-electron chi connectivity index (χ0n) is 14.6. The first-order valence-corrected chi connectivity index (χ1v) is 9.48. The molecule has 3 N–H and O–H groups in total. The second-order valence-corrected chi connectivity index (χ2v) is 7.33. The zero-order chi connectivity index (χ0) is 19.1. The summed E-state index contributed by atoms with van der Waals surface area (Å²) in [6.07, 6.45) is -0.575. The van der Waals surface area contributed by atoms with E-state index in [-0.39, 0.29) is 5.91 Å². The van der Waals surface area contributed by atoms with Crippen LogP contribution in [0.3, 0.4) is 0 Å². The van der Waals surface area contributed by atoms with E-state index in [0.717, 1.165) is 16.0 Å². The number of nitrogen functional groups attached to an aromatic ring is 1. The predicted octanol–water partition coefficient (Wildman–Crippen LogP) is 4.49. The van der Waals surface area contributed by atoms with Crippen molar-refractivity contribution < 1.29 is 14.3 Å². The second kappa shape index (κ2) is 6.54. The van der Waals surface area contributed by atoms with Gasteiger partial charge in [-0.2, -0.15) is 0 Å². The number of thiazole rings is 1. The molecule has 28 heavy (non-hydrogen) atoms. The van der Waals surface area contributed by atoms with Crippen LogP contribution in [0, 0.1) is 0 Å². The lowest BCUT2D eigenvalue weighted by molar-refractivity contribution is 0.0760. The van der Waals surface area contributed by atoms with Gasteiger partial charge in [0.15, 0.2) is 11.4 Å². The van der Waals surface area contributed by atoms with E-state index in [4.69, 9.17) is 15.2 Å². The summed E-state index contributed by atoms with van der Waals surface area (Å²) >= 11 is 1.28. The molecule has 7 heteroatoms. The first-order chi connectivity index (χ1) is 13.7. The summed E-state index contributed by atoms with van der Waals surface area (Å²) in [5.41, 5.74) is 7.78. The van der Waals surface area contributed by atoms with Crippen molar-refractivity contribution >= 4 is 32.6 Å². The number of hydrogen-bond donors (Lipinski definition) is 2. The van der Waals surface area contributed by atoms with E-state index in [1.807, 2.05) is 60.7 Å². The number of rotatable bonds is 3. The lowest BCUT2D eigenvalue weighted by atomic mass is 10.1. The highest BCUT2D eigenvalue weighted by atomic mass is 32.1. The fourth-order valence-corrected chi connectivity index (χ4v) is 4.01. The number of para-hydroxylation sites is 1. The first-order valence-electron chi connectivity index (χ1n) is 8.67. The normalized spacial score (nSPS) is 15.6. The average molecular weight is 389 g/mol. The molecule has 0 fully saturated rings. The molecule has 138 valence electrons. The Bertz CT molecular complexity index is 1170. The molecular weight excluding hydrogens is 374 g/mol. The smallest absolute Gasteiger partial charge is 0.259 e. The Morgan fingerprint density at radius 3 is 2.54 bits per heavy atom. The van der Waals surface area contributed by atoms with Gasteiger partial charge < -0.3 is 20.5 Å². The molecule has 0 saturated heterocycles. The highest BCUT2D eigenvalue weighted by Gasteiger charge is 2.29. The molecule has 4 aromatic rings. The number of nitrogens with two attached hydrogens (primary N) is 1. The number of nitrogens with zero attached hydrogens (tertiary/aromatic N) is 1. The van der Waals surface area contributed by atoms with Gasteiger partial charge in [0, 0.05) is 5.56 Å². The van der Waals surface area contributed by atoms with Crippen molar-refractivity contribution in [2.24, 2.45) is 0 Å². The minimum atomic E-state index is -0.575. The summed E-state index contributed by atoms with van der Waals surface area (Å²) in [6, 6.07) is 20.6. The number of nitrogens with one attached hydrogen (secondary N) is 1. The van der Waals surface area contributed by atoms with E-state index in [0.29, 0.717) is 27.7 Å². The molecule has 0 bridgehead atoms. The summed E-state index contributed by atoms with van der Waals surface area (Å²) in [7, 11) is 0. The Hall–Kier alpha value is -3.58. The molecule has 1 aliphatic heterocycles. The van der Waals surface area contributed by atoms with Gasteiger partial charge in [-0.05, 0) is 48.5 Å². The fraction of sp³-hybridized carbons (Fsp3) is 0.0476. The van der Waals surface area contributed by atoms with E-state index in [2.05, 4.69) is 10.3 Å². The molecule has 1 amide bonds. The third-order valence-corrected chi connectivity index (χ3v) is 5.35. The van der Waals surface area contributed by atoms with Crippen LogP contribution in [0.2, 0.25) is 0 Å². The average Bonchev–Trinajstić information content (AvgIpc) is 3.09. The fourth-order valence-electron chi connectivity index (χ4n) is 3.14. The zero-order valence-corrected chi connectivity index (χ0v) is 15.4. The van der Waals surface area contributed by atoms with Gasteiger partial charge in [-0.25, -0.2) is 4.98 Å². The molecule has 2 heterocycles. The number of carbonyl (C=O) groups excluding carboxylic acids is 1. The van der Waals surface area contributed by atoms with Crippen LogP contribution >= 0.6 is 11.3 Å². The standard InChI is InChI=1S/C21H15N3O3S/c22-21-23-15-10-11-16-17(18(15)28-21)19(25)24-20(27-16)12-6-8-14(9-7-12)26-13-4-2-1-3-5-13/h1-11,20H,(H2,22,23)(H,24,25). The van der Waals surface area contributed by atoms with E-state index >= 15 is 0 Å². The summed E-state index contributed by atoms with van der Waals surface area (Å²) in [6.45, 7) is 0. The Balaban J connectivity index is 1.41. The first kappa shape index (κ1) is 16.6. The summed E-state index contributed by atoms with van der Waals surface area (Å²) in [5.74, 6) is 1.79. The number of ether oxygens (including phenoxy) is 2. The Morgan fingerprint density at radius 1 is 1.00 bits per heavy atom. The minimum Gasteiger partial charge on any atom is -0.466 e. The van der Waals surface area contributed by atoms with Gasteiger partial charge in [0.1, 0.15) is 22.8 Å². The van der Waals surface area contributed by atoms with Gasteiger partial charge in [-0.15, -0.1) is 0 Å². The number of hydrogen-bond acceptors (Lipinski definition) is 6. The molecule has 1 aromatic heterocycles. The van der Waals surface area contributed by atoms with Crippen LogP contribution in [0.15, 0.2) is 66.7 Å². The Kier molecular flexibility index (Phi) is 3.87. The summed E-state index contributed by atoms with van der Waals surface area (Å²) in [4.78, 5) is 16.9. The maximum Gasteiger partial charge on any atom is 0.259 e. The van der Waals surface area contributed by atoms with Gasteiger partial charge in [0.05, 0.1) is 10.2 Å². The summed E-state index contributed by atoms with van der Waals surface area (Å²) < 4.78 is 12.6. The van der Waals surface area contributed by atoms with E-state index < -0.39 is 6.23 Å². The van der Waals surface area contributed by atoms with Gasteiger partial charge in [0.2, 0.25) is 0 Å². The predicted molar refractivity (Wildman–Crippen MR) is 108 cm³/mol. The highest BCUT2D eigenvalue weighted by Crippen LogP contribution is 2.38. The molecule has 6 nitrogen and oxygen atoms in total. The van der Waals surface area contributed by atoms with Gasteiger partial charge in [-0.3, -0.25) is 4.79 Å². The second-order valence-electron chi connectivity index (χ2n) is 6.29. The lowest BCUT2D eigenvalue weighted by Crippen LogP contribution is -2.36. The van der Waals surface area contributed by atoms with Crippen molar-refractivity contribution in [3.05, 3.63) is 77.9 Å². The molecular formula is C21H15N3O3S. The summed E-state index contributed by atoms with van der Waals surface area (Å²) in [5, 5.41) is 3.32. The minimum absolute atomic E-state index is 0.204. The van der Waals surface area contributed by atoms with Crippen molar-refractivity contribution in [2.45, 2.75) is 6.23 Å². The Morgan fingerprint density at radius 2 is 1.75 bits per heavy atom. The van der Waals surface area contributed by atoms with Crippen molar-refractivity contribution in [1.82, 2.24) is 10.3 Å². The van der Waals surface area contributed by atoms with Crippen LogP contribution in [0.1, 0.15) is 22.1 Å². The maximum atomic E-state index is 12.7. The van der Waals surface area contributed by atoms with E-state index in [1.165, 1.54) is 11.3 Å². The molecule has 1 atom stereocenters. The van der Waals surface area contributed by atoms with Gasteiger partial charge in [0.25, 0.3) is 5.91 Å². The van der Waals surface area contributed by atoms with Crippen LogP contribution in [-0.4, -0.2) is 10.9 Å². The maximum absolute atomic E-state index is 12.7. The topological polar surface area (TPSA) is 86.5 Å². The molecule has 0 spiro atoms. The number of amides is 1. The van der Waals surface area contributed by atoms with Crippen LogP contribution in [-0.2, 0) is 0 Å². The molecule has 0 radical (unpaired) electrons. The molecule has 0 saturated carbocycles. The van der Waals surface area contributed by atoms with Crippen LogP contribution in [0.5, 0.6) is 17.2 Å². The number of fused-ring (bicyclic) bond motifs is 3. The van der Waals surface area contributed by atoms with Crippen molar-refractivity contribution in [3.63, 3.8) is 0 Å². The van der Waals surface area contributed by atoms with E-state index in [9.17, 15) is 4.79 Å². The van der Waals surface area contributed by atoms with Crippen molar-refractivity contribution in [2.75, 3.05) is 5.73 Å². The largest absolute Gasteiger partial charge is 0.466 e. The molecule has 0 aliphatic carbocycles. The monoisotopic (exact) mass is 389 g/mol. The van der Waals surface area contributed by atoms with Crippen molar-refractivity contribution in [3.8, 4) is 17.2 Å². The molecule has 1 unspecified atom stereocenters. The Labute approximate surface area is 164 Å². The van der Waals surface area contributed by atoms with E-state index in [1.54, 1.807) is 6.07 Å². The van der Waals surface area contributed by atoms with Crippen molar-refractivity contribution in [1.29, 1.82) is 0 Å². The number of anilines is 1. The number of benzene rings is 3. The van der Waals surface area contributed by atoms with Crippen LogP contribution in [0.4, 0.5) is 5.13 Å². The number of carbonyl (C=O) groups is 1. The molecule has 3 aromatic carbocycles. The molecule has 1 aliphatic rings. The van der Waals surface area contributed by atoms with Gasteiger partial charge >= 0.3 is 0 Å². The SMILES string of the molecule is Nc1nc2ccc3c(c2s1)C(=O)NC(c1ccc(Oc2ccccc2)cc1)O3. The molecule has 5 rings (SSSR count). The third-order valence-electron chi connectivity index (χ3n) is 4.43. The van der Waals surface area contributed by atoms with Gasteiger partial charge in [-0.1, -0.05) is 29.5 Å². The lowest BCUT2D eigenvalue weighted by Gasteiger charge is -2.27. The quantitative estimate of drug-likeness (QED) is 0.539. The highest BCUT2D eigenvalue weighted by molar-refractivity contribution is 7.22. The third kappa shape index (κ3) is 2.91.